The van der Waals surface area contributed by atoms with Crippen LogP contribution >= 0.6 is 11.8 Å². The van der Waals surface area contributed by atoms with E-state index in [1.54, 1.807) is 7.11 Å². The van der Waals surface area contributed by atoms with Gasteiger partial charge in [0.05, 0.1) is 12.9 Å². The summed E-state index contributed by atoms with van der Waals surface area (Å²) in [6.07, 6.45) is 0. The third-order valence-corrected chi connectivity index (χ3v) is 3.47. The van der Waals surface area contributed by atoms with E-state index < -0.39 is 5.97 Å². The van der Waals surface area contributed by atoms with Crippen LogP contribution in [-0.4, -0.2) is 23.9 Å². The van der Waals surface area contributed by atoms with Gasteiger partial charge in [0, 0.05) is 10.3 Å². The normalized spacial score (nSPS) is 10.4. The Morgan fingerprint density at radius 2 is 1.94 bits per heavy atom. The molecule has 0 aliphatic heterocycles. The number of benzene rings is 2. The van der Waals surface area contributed by atoms with Crippen LogP contribution in [-0.2, 0) is 4.79 Å². The Morgan fingerprint density at radius 3 is 2.59 bits per heavy atom. The standard InChI is InChI=1S/C13H12O3S/c1-16-11-6-7-12(17-8-13(14)15)10-5-3-2-4-9(10)11/h2-7H,8H2,1H3,(H,14,15). The first kappa shape index (κ1) is 11.8. The van der Waals surface area contributed by atoms with E-state index in [1.165, 1.54) is 11.8 Å². The summed E-state index contributed by atoms with van der Waals surface area (Å²) in [5.41, 5.74) is 0. The Kier molecular flexibility index (Phi) is 3.54. The number of hydrogen-bond acceptors (Lipinski definition) is 3. The maximum absolute atomic E-state index is 10.6. The fraction of sp³-hybridized carbons (Fsp3) is 0.154. The topological polar surface area (TPSA) is 46.5 Å². The summed E-state index contributed by atoms with van der Waals surface area (Å²) in [5.74, 6) is 0.0613. The van der Waals surface area contributed by atoms with Crippen molar-refractivity contribution in [1.29, 1.82) is 0 Å². The molecule has 2 aromatic rings. The minimum absolute atomic E-state index is 0.0658. The second-order valence-electron chi connectivity index (χ2n) is 3.49. The van der Waals surface area contributed by atoms with Gasteiger partial charge >= 0.3 is 5.97 Å². The zero-order chi connectivity index (χ0) is 12.3. The lowest BCUT2D eigenvalue weighted by atomic mass is 10.1. The van der Waals surface area contributed by atoms with Crippen LogP contribution in [0.1, 0.15) is 0 Å². The zero-order valence-electron chi connectivity index (χ0n) is 9.34. The van der Waals surface area contributed by atoms with Crippen LogP contribution in [0.25, 0.3) is 10.8 Å². The number of hydrogen-bond donors (Lipinski definition) is 1. The van der Waals surface area contributed by atoms with Crippen molar-refractivity contribution in [3.63, 3.8) is 0 Å². The number of thioether (sulfide) groups is 1. The first-order chi connectivity index (χ1) is 8.22. The van der Waals surface area contributed by atoms with Gasteiger partial charge in [-0.2, -0.15) is 0 Å². The van der Waals surface area contributed by atoms with E-state index in [-0.39, 0.29) is 5.75 Å². The number of carbonyl (C=O) groups is 1. The molecule has 1 N–H and O–H groups in total. The Hall–Kier alpha value is -1.68. The zero-order valence-corrected chi connectivity index (χ0v) is 10.2. The second-order valence-corrected chi connectivity index (χ2v) is 4.51. The summed E-state index contributed by atoms with van der Waals surface area (Å²) in [4.78, 5) is 11.5. The van der Waals surface area contributed by atoms with Crippen molar-refractivity contribution in [2.75, 3.05) is 12.9 Å². The van der Waals surface area contributed by atoms with Gasteiger partial charge in [0.25, 0.3) is 0 Å². The van der Waals surface area contributed by atoms with Crippen LogP contribution in [0.3, 0.4) is 0 Å². The maximum atomic E-state index is 10.6. The molecular formula is C13H12O3S. The van der Waals surface area contributed by atoms with Gasteiger partial charge in [0.2, 0.25) is 0 Å². The summed E-state index contributed by atoms with van der Waals surface area (Å²) in [5, 5.41) is 10.7. The number of carboxylic acids is 1. The fourth-order valence-electron chi connectivity index (χ4n) is 1.69. The molecule has 0 saturated carbocycles. The molecule has 0 atom stereocenters. The summed E-state index contributed by atoms with van der Waals surface area (Å²) < 4.78 is 5.28. The van der Waals surface area contributed by atoms with Crippen LogP contribution in [0.5, 0.6) is 5.75 Å². The quantitative estimate of drug-likeness (QED) is 0.845. The highest BCUT2D eigenvalue weighted by Crippen LogP contribution is 2.33. The minimum atomic E-state index is -0.810. The van der Waals surface area contributed by atoms with Gasteiger partial charge in [0.15, 0.2) is 0 Å². The highest BCUT2D eigenvalue weighted by Gasteiger charge is 2.07. The van der Waals surface area contributed by atoms with Gasteiger partial charge in [0.1, 0.15) is 5.75 Å². The molecule has 88 valence electrons. The van der Waals surface area contributed by atoms with Gasteiger partial charge in [-0.15, -0.1) is 11.8 Å². The Morgan fingerprint density at radius 1 is 1.24 bits per heavy atom. The minimum Gasteiger partial charge on any atom is -0.496 e. The Balaban J connectivity index is 2.47. The largest absolute Gasteiger partial charge is 0.496 e. The molecule has 0 amide bonds. The molecule has 0 bridgehead atoms. The van der Waals surface area contributed by atoms with Crippen LogP contribution in [0.15, 0.2) is 41.3 Å². The van der Waals surface area contributed by atoms with Gasteiger partial charge < -0.3 is 9.84 Å². The molecule has 17 heavy (non-hydrogen) atoms. The molecule has 0 aliphatic carbocycles. The van der Waals surface area contributed by atoms with Gasteiger partial charge in [-0.05, 0) is 17.5 Å². The molecule has 0 fully saturated rings. The van der Waals surface area contributed by atoms with Crippen molar-refractivity contribution < 1.29 is 14.6 Å². The van der Waals surface area contributed by atoms with Crippen molar-refractivity contribution in [3.05, 3.63) is 36.4 Å². The predicted octanol–water partition coefficient (Wildman–Crippen LogP) is 3.03. The monoisotopic (exact) mass is 248 g/mol. The number of carboxylic acid groups (broad SMARTS) is 1. The number of ether oxygens (including phenoxy) is 1. The molecule has 0 saturated heterocycles. The summed E-state index contributed by atoms with van der Waals surface area (Å²) >= 11 is 1.32. The van der Waals surface area contributed by atoms with E-state index in [4.69, 9.17) is 9.84 Å². The molecule has 2 aromatic carbocycles. The molecule has 4 heteroatoms. The maximum Gasteiger partial charge on any atom is 0.313 e. The number of aliphatic carboxylic acids is 1. The first-order valence-corrected chi connectivity index (χ1v) is 6.11. The second kappa shape index (κ2) is 5.10. The lowest BCUT2D eigenvalue weighted by molar-refractivity contribution is -0.133. The summed E-state index contributed by atoms with van der Waals surface area (Å²) in [6, 6.07) is 11.6. The number of methoxy groups -OCH3 is 1. The molecule has 3 nitrogen and oxygen atoms in total. The smallest absolute Gasteiger partial charge is 0.313 e. The Labute approximate surface area is 103 Å². The highest BCUT2D eigenvalue weighted by atomic mass is 32.2. The molecule has 0 heterocycles. The predicted molar refractivity (Wildman–Crippen MR) is 68.9 cm³/mol. The molecule has 0 unspecified atom stereocenters. The third kappa shape index (κ3) is 2.53. The van der Waals surface area contributed by atoms with E-state index in [9.17, 15) is 4.79 Å². The van der Waals surface area contributed by atoms with E-state index >= 15 is 0 Å². The average molecular weight is 248 g/mol. The van der Waals surface area contributed by atoms with E-state index in [1.807, 2.05) is 36.4 Å². The van der Waals surface area contributed by atoms with Crippen molar-refractivity contribution in [2.45, 2.75) is 4.90 Å². The van der Waals surface area contributed by atoms with E-state index in [2.05, 4.69) is 0 Å². The van der Waals surface area contributed by atoms with Crippen LogP contribution in [0.2, 0.25) is 0 Å². The molecule has 0 spiro atoms. The number of rotatable bonds is 4. The summed E-state index contributed by atoms with van der Waals surface area (Å²) in [7, 11) is 1.63. The van der Waals surface area contributed by atoms with Crippen LogP contribution in [0.4, 0.5) is 0 Å². The summed E-state index contributed by atoms with van der Waals surface area (Å²) in [6.45, 7) is 0. The molecule has 0 aromatic heterocycles. The molecule has 0 radical (unpaired) electrons. The van der Waals surface area contributed by atoms with E-state index in [0.717, 1.165) is 21.4 Å². The van der Waals surface area contributed by atoms with E-state index in [0.29, 0.717) is 0 Å². The van der Waals surface area contributed by atoms with Crippen molar-refractivity contribution in [3.8, 4) is 5.75 Å². The third-order valence-electron chi connectivity index (χ3n) is 2.42. The van der Waals surface area contributed by atoms with Crippen LogP contribution in [0, 0.1) is 0 Å². The Bertz CT molecular complexity index is 551. The van der Waals surface area contributed by atoms with Gasteiger partial charge in [-0.25, -0.2) is 0 Å². The van der Waals surface area contributed by atoms with Crippen LogP contribution < -0.4 is 4.74 Å². The lowest BCUT2D eigenvalue weighted by Gasteiger charge is -2.09. The molecule has 0 aliphatic rings. The van der Waals surface area contributed by atoms with Crippen molar-refractivity contribution in [2.24, 2.45) is 0 Å². The average Bonchev–Trinajstić information content (AvgIpc) is 2.35. The first-order valence-electron chi connectivity index (χ1n) is 5.12. The van der Waals surface area contributed by atoms with Crippen molar-refractivity contribution in [1.82, 2.24) is 0 Å². The molecular weight excluding hydrogens is 236 g/mol. The fourth-order valence-corrected chi connectivity index (χ4v) is 2.46. The van der Waals surface area contributed by atoms with Gasteiger partial charge in [-0.3, -0.25) is 4.79 Å². The molecule has 2 rings (SSSR count). The van der Waals surface area contributed by atoms with Crippen molar-refractivity contribution >= 4 is 28.5 Å². The number of fused-ring (bicyclic) bond motifs is 1. The van der Waals surface area contributed by atoms with Gasteiger partial charge in [-0.1, -0.05) is 24.3 Å². The lowest BCUT2D eigenvalue weighted by Crippen LogP contribution is -1.97. The SMILES string of the molecule is COc1ccc(SCC(=O)O)c2ccccc12. The highest BCUT2D eigenvalue weighted by molar-refractivity contribution is 8.00.